The fourth-order valence-corrected chi connectivity index (χ4v) is 3.01. The van der Waals surface area contributed by atoms with Crippen LogP contribution in [-0.2, 0) is 14.4 Å². The molecule has 0 saturated carbocycles. The fourth-order valence-electron chi connectivity index (χ4n) is 3.01. The number of benzene rings is 1. The van der Waals surface area contributed by atoms with Crippen LogP contribution in [0.4, 0.5) is 0 Å². The van der Waals surface area contributed by atoms with E-state index in [9.17, 15) is 29.7 Å². The monoisotopic (exact) mass is 468 g/mol. The number of aliphatic hydroxyl groups excluding tert-OH is 3. The van der Waals surface area contributed by atoms with E-state index < -0.39 is 55.1 Å². The van der Waals surface area contributed by atoms with Crippen molar-refractivity contribution in [3.63, 3.8) is 0 Å². The van der Waals surface area contributed by atoms with Crippen LogP contribution in [0.25, 0.3) is 0 Å². The lowest BCUT2D eigenvalue weighted by atomic mass is 10.0. The molecule has 1 rings (SSSR count). The molecule has 0 heterocycles. The van der Waals surface area contributed by atoms with Crippen LogP contribution in [0.5, 0.6) is 0 Å². The number of carbonyl (C=O) groups is 3. The van der Waals surface area contributed by atoms with Crippen LogP contribution < -0.4 is 21.7 Å². The number of carbonyl (C=O) groups excluding carboxylic acids is 2. The van der Waals surface area contributed by atoms with Gasteiger partial charge in [-0.3, -0.25) is 14.4 Å². The zero-order valence-electron chi connectivity index (χ0n) is 19.0. The molecular formula is C22H36N4O7. The number of aliphatic hydroxyl groups is 3. The molecule has 11 nitrogen and oxygen atoms in total. The number of amides is 2. The first-order valence-electron chi connectivity index (χ1n) is 10.8. The Morgan fingerprint density at radius 2 is 1.70 bits per heavy atom. The molecule has 1 aromatic carbocycles. The number of rotatable bonds is 15. The second-order valence-electron chi connectivity index (χ2n) is 8.30. The van der Waals surface area contributed by atoms with Crippen LogP contribution in [0.2, 0.25) is 0 Å². The Hall–Kier alpha value is -2.57. The van der Waals surface area contributed by atoms with Crippen molar-refractivity contribution in [2.24, 2.45) is 11.7 Å². The lowest BCUT2D eigenvalue weighted by molar-refractivity contribution is -0.139. The first-order chi connectivity index (χ1) is 15.5. The highest BCUT2D eigenvalue weighted by Crippen LogP contribution is 2.17. The molecule has 0 bridgehead atoms. The van der Waals surface area contributed by atoms with Crippen LogP contribution in [0.3, 0.4) is 0 Å². The summed E-state index contributed by atoms with van der Waals surface area (Å²) < 4.78 is 0. The van der Waals surface area contributed by atoms with E-state index in [4.69, 9.17) is 10.8 Å². The van der Waals surface area contributed by atoms with Gasteiger partial charge in [0.15, 0.2) is 6.10 Å². The van der Waals surface area contributed by atoms with Crippen molar-refractivity contribution in [3.05, 3.63) is 35.9 Å². The smallest absolute Gasteiger partial charge is 0.305 e. The van der Waals surface area contributed by atoms with Gasteiger partial charge in [0.2, 0.25) is 5.91 Å². The summed E-state index contributed by atoms with van der Waals surface area (Å²) in [5, 5.41) is 46.9. The van der Waals surface area contributed by atoms with Crippen molar-refractivity contribution >= 4 is 17.8 Å². The summed E-state index contributed by atoms with van der Waals surface area (Å²) in [5.41, 5.74) is 6.42. The topological polar surface area (TPSA) is 194 Å². The zero-order chi connectivity index (χ0) is 25.0. The van der Waals surface area contributed by atoms with E-state index >= 15 is 0 Å². The molecule has 2 amide bonds. The van der Waals surface area contributed by atoms with Gasteiger partial charge in [0.1, 0.15) is 0 Å². The minimum absolute atomic E-state index is 0.0516. The van der Waals surface area contributed by atoms with Crippen LogP contribution >= 0.6 is 0 Å². The van der Waals surface area contributed by atoms with Gasteiger partial charge in [-0.2, -0.15) is 0 Å². The maximum atomic E-state index is 12.4. The summed E-state index contributed by atoms with van der Waals surface area (Å²) in [6.07, 6.45) is -4.21. The first-order valence-corrected chi connectivity index (χ1v) is 10.8. The molecule has 5 atom stereocenters. The number of hydrogen-bond donors (Lipinski definition) is 8. The third-order valence-corrected chi connectivity index (χ3v) is 5.16. The summed E-state index contributed by atoms with van der Waals surface area (Å²) in [4.78, 5) is 35.6. The number of hydrogen-bond acceptors (Lipinski definition) is 8. The van der Waals surface area contributed by atoms with Gasteiger partial charge in [-0.05, 0) is 17.9 Å². The molecule has 33 heavy (non-hydrogen) atoms. The van der Waals surface area contributed by atoms with Crippen molar-refractivity contribution < 1.29 is 34.8 Å². The maximum Gasteiger partial charge on any atom is 0.305 e. The zero-order valence-corrected chi connectivity index (χ0v) is 19.0. The number of carboxylic acids is 1. The minimum atomic E-state index is -1.89. The average molecular weight is 469 g/mol. The van der Waals surface area contributed by atoms with Gasteiger partial charge in [-0.25, -0.2) is 0 Å². The Balaban J connectivity index is 2.60. The number of carboxylic acid groups (broad SMARTS) is 1. The quantitative estimate of drug-likeness (QED) is 0.151. The Kier molecular flexibility index (Phi) is 12.6. The number of nitrogens with one attached hydrogen (secondary N) is 3. The Labute approximate surface area is 193 Å². The molecule has 0 fully saturated rings. The van der Waals surface area contributed by atoms with Gasteiger partial charge in [-0.15, -0.1) is 0 Å². The van der Waals surface area contributed by atoms with Gasteiger partial charge in [0.05, 0.1) is 37.8 Å². The molecule has 0 spiro atoms. The second kappa shape index (κ2) is 14.6. The summed E-state index contributed by atoms with van der Waals surface area (Å²) in [6, 6.07) is 6.44. The van der Waals surface area contributed by atoms with Gasteiger partial charge >= 0.3 is 5.97 Å². The van der Waals surface area contributed by atoms with E-state index in [-0.39, 0.29) is 24.9 Å². The standard InChI is InChI=1S/C22H36N4O7/c1-13(2)16(23)10-24-11-19(29)25-15(12-27)8-18(28)21(32)22(33)26-17(9-20(30)31)14-6-4-3-5-7-14/h3-7,13,15-18,21,24,27-28,32H,8-12,23H2,1-2H3,(H,25,29)(H,26,33)(H,30,31)/t15-,16-,17+,18-,21+/m1/s1. The van der Waals surface area contributed by atoms with E-state index in [1.807, 2.05) is 13.8 Å². The molecule has 0 unspecified atom stereocenters. The maximum absolute atomic E-state index is 12.4. The molecule has 0 radical (unpaired) electrons. The average Bonchev–Trinajstić information content (AvgIpc) is 2.77. The Morgan fingerprint density at radius 1 is 1.06 bits per heavy atom. The van der Waals surface area contributed by atoms with Gasteiger partial charge in [0, 0.05) is 12.6 Å². The molecular weight excluding hydrogens is 432 g/mol. The van der Waals surface area contributed by atoms with E-state index in [1.54, 1.807) is 30.3 Å². The van der Waals surface area contributed by atoms with Gasteiger partial charge in [-0.1, -0.05) is 44.2 Å². The number of aliphatic carboxylic acids is 1. The highest BCUT2D eigenvalue weighted by molar-refractivity contribution is 5.82. The van der Waals surface area contributed by atoms with Crippen molar-refractivity contribution in [1.82, 2.24) is 16.0 Å². The molecule has 0 aliphatic carbocycles. The normalized spacial score (nSPS) is 15.8. The molecule has 0 aromatic heterocycles. The van der Waals surface area contributed by atoms with Crippen molar-refractivity contribution in [2.75, 3.05) is 19.7 Å². The molecule has 186 valence electrons. The molecule has 1 aromatic rings. The fraction of sp³-hybridized carbons (Fsp3) is 0.591. The Morgan fingerprint density at radius 3 is 2.24 bits per heavy atom. The summed E-state index contributed by atoms with van der Waals surface area (Å²) in [5.74, 6) is -2.32. The van der Waals surface area contributed by atoms with E-state index in [0.717, 1.165) is 0 Å². The van der Waals surface area contributed by atoms with Crippen LogP contribution in [0, 0.1) is 5.92 Å². The summed E-state index contributed by atoms with van der Waals surface area (Å²) in [6.45, 7) is 3.77. The highest BCUT2D eigenvalue weighted by atomic mass is 16.4. The van der Waals surface area contributed by atoms with Crippen LogP contribution in [0.15, 0.2) is 30.3 Å². The minimum Gasteiger partial charge on any atom is -0.481 e. The summed E-state index contributed by atoms with van der Waals surface area (Å²) in [7, 11) is 0. The van der Waals surface area contributed by atoms with Crippen molar-refractivity contribution in [2.45, 2.75) is 57.0 Å². The third-order valence-electron chi connectivity index (χ3n) is 5.16. The molecule has 11 heteroatoms. The van der Waals surface area contributed by atoms with Crippen molar-refractivity contribution in [1.29, 1.82) is 0 Å². The van der Waals surface area contributed by atoms with E-state index in [0.29, 0.717) is 12.1 Å². The SMILES string of the molecule is CC(C)[C@H](N)CNCC(=O)N[C@@H](CO)C[C@@H](O)[C@H](O)C(=O)N[C@@H](CC(=O)O)c1ccccc1. The van der Waals surface area contributed by atoms with Crippen molar-refractivity contribution in [3.8, 4) is 0 Å². The van der Waals surface area contributed by atoms with Gasteiger partial charge < -0.3 is 42.1 Å². The lowest BCUT2D eigenvalue weighted by Gasteiger charge is -2.25. The van der Waals surface area contributed by atoms with E-state index in [2.05, 4.69) is 16.0 Å². The molecule has 0 aliphatic rings. The largest absolute Gasteiger partial charge is 0.481 e. The second-order valence-corrected chi connectivity index (χ2v) is 8.30. The first kappa shape index (κ1) is 28.5. The highest BCUT2D eigenvalue weighted by Gasteiger charge is 2.29. The molecule has 0 saturated heterocycles. The van der Waals surface area contributed by atoms with E-state index in [1.165, 1.54) is 0 Å². The predicted molar refractivity (Wildman–Crippen MR) is 121 cm³/mol. The summed E-state index contributed by atoms with van der Waals surface area (Å²) >= 11 is 0. The molecule has 9 N–H and O–H groups in total. The van der Waals surface area contributed by atoms with Gasteiger partial charge in [0.25, 0.3) is 5.91 Å². The lowest BCUT2D eigenvalue weighted by Crippen LogP contribution is -2.49. The molecule has 0 aliphatic heterocycles. The Bertz CT molecular complexity index is 748. The van der Waals surface area contributed by atoms with Crippen LogP contribution in [-0.4, -0.2) is 82.2 Å². The van der Waals surface area contributed by atoms with Crippen LogP contribution in [0.1, 0.15) is 38.3 Å². The number of nitrogens with two attached hydrogens (primary N) is 1. The predicted octanol–water partition coefficient (Wildman–Crippen LogP) is -1.52. The third kappa shape index (κ3) is 10.7.